The molecule has 0 heterocycles. The van der Waals surface area contributed by atoms with Crippen molar-refractivity contribution in [3.05, 3.63) is 0 Å². The van der Waals surface area contributed by atoms with Crippen molar-refractivity contribution in [2.45, 2.75) is 17.0 Å². The van der Waals surface area contributed by atoms with E-state index in [1.165, 1.54) is 0 Å². The van der Waals surface area contributed by atoms with E-state index in [0.29, 0.717) is 12.8 Å². The van der Waals surface area contributed by atoms with Crippen LogP contribution in [0.25, 0.3) is 0 Å². The highest BCUT2D eigenvalue weighted by Crippen LogP contribution is 2.08. The van der Waals surface area contributed by atoms with Gasteiger partial charge in [0.15, 0.2) is 4.18 Å². The maximum Gasteiger partial charge on any atom is 0.151 e. The molecule has 0 spiro atoms. The molecule has 0 aliphatic heterocycles. The van der Waals surface area contributed by atoms with Crippen molar-refractivity contribution in [3.63, 3.8) is 0 Å². The lowest BCUT2D eigenvalue weighted by molar-refractivity contribution is 0.396. The zero-order chi connectivity index (χ0) is 5.70. The molecule has 0 saturated heterocycles. The lowest BCUT2D eigenvalue weighted by Crippen LogP contribution is -1.86. The Morgan fingerprint density at radius 2 is 2.14 bits per heavy atom. The highest BCUT2D eigenvalue weighted by Gasteiger charge is 1.96. The number of hydrogen-bond acceptors (Lipinski definition) is 0. The summed E-state index contributed by atoms with van der Waals surface area (Å²) in [5, 5.41) is 0. The van der Waals surface area contributed by atoms with Gasteiger partial charge >= 0.3 is 0 Å². The van der Waals surface area contributed by atoms with Crippen LogP contribution in [0.5, 0.6) is 0 Å². The minimum absolute atomic E-state index is 0.344. The number of halogens is 3. The molecule has 0 fully saturated rings. The molecule has 0 amide bonds. The molecule has 0 aromatic heterocycles. The average Bonchev–Trinajstić information content (AvgIpc) is 1.61. The van der Waals surface area contributed by atoms with Crippen LogP contribution in [-0.4, -0.2) is 10.9 Å². The minimum atomic E-state index is -0.867. The van der Waals surface area contributed by atoms with Crippen LogP contribution < -0.4 is 0 Å². The van der Waals surface area contributed by atoms with E-state index in [1.54, 1.807) is 22.6 Å². The van der Waals surface area contributed by atoms with Crippen molar-refractivity contribution in [2.75, 3.05) is 6.67 Å². The Balaban J connectivity index is 2.68. The summed E-state index contributed by atoms with van der Waals surface area (Å²) in [4.78, 5) is 0. The molecular formula is C4H7F2I. The van der Waals surface area contributed by atoms with Gasteiger partial charge in [-0.25, -0.2) is 4.39 Å². The Bertz CT molecular complexity index is 38.7. The maximum absolute atomic E-state index is 11.7. The van der Waals surface area contributed by atoms with Crippen molar-refractivity contribution in [1.82, 2.24) is 0 Å². The second-order valence-electron chi connectivity index (χ2n) is 1.22. The lowest BCUT2D eigenvalue weighted by atomic mass is 10.4. The molecule has 3 heteroatoms. The smallest absolute Gasteiger partial charge is 0.151 e. The first-order valence-corrected chi connectivity index (χ1v) is 3.36. The fraction of sp³-hybridized carbons (Fsp3) is 1.00. The van der Waals surface area contributed by atoms with Crippen molar-refractivity contribution in [2.24, 2.45) is 0 Å². The van der Waals surface area contributed by atoms with Crippen LogP contribution in [0.1, 0.15) is 12.8 Å². The second kappa shape index (κ2) is 4.74. The lowest BCUT2D eigenvalue weighted by Gasteiger charge is -1.92. The molecule has 0 N–H and O–H groups in total. The predicted octanol–water partition coefficient (Wildman–Crippen LogP) is 2.47. The van der Waals surface area contributed by atoms with Crippen LogP contribution in [0.3, 0.4) is 0 Å². The third kappa shape index (κ3) is 6.59. The Morgan fingerprint density at radius 3 is 2.29 bits per heavy atom. The van der Waals surface area contributed by atoms with E-state index in [0.717, 1.165) is 0 Å². The molecule has 0 aliphatic carbocycles. The standard InChI is InChI=1S/C4H7F2I/c5-3-1-2-4(6)7/h4H,1-3H2. The molecule has 0 nitrogen and oxygen atoms in total. The molecule has 44 valence electrons. The monoisotopic (exact) mass is 220 g/mol. The highest BCUT2D eigenvalue weighted by molar-refractivity contribution is 14.1. The van der Waals surface area contributed by atoms with Crippen LogP contribution in [-0.2, 0) is 0 Å². The summed E-state index contributed by atoms with van der Waals surface area (Å²) < 4.78 is 22.0. The van der Waals surface area contributed by atoms with Gasteiger partial charge in [-0.15, -0.1) is 0 Å². The molecular weight excluding hydrogens is 213 g/mol. The van der Waals surface area contributed by atoms with Gasteiger partial charge in [0.25, 0.3) is 0 Å². The van der Waals surface area contributed by atoms with E-state index >= 15 is 0 Å². The second-order valence-corrected chi connectivity index (χ2v) is 2.57. The molecule has 0 rings (SSSR count). The van der Waals surface area contributed by atoms with E-state index in [1.807, 2.05) is 0 Å². The van der Waals surface area contributed by atoms with Crippen LogP contribution in [0.15, 0.2) is 0 Å². The Labute approximate surface area is 55.4 Å². The fourth-order valence-electron chi connectivity index (χ4n) is 0.231. The zero-order valence-corrected chi connectivity index (χ0v) is 5.99. The third-order valence-corrected chi connectivity index (χ3v) is 1.18. The average molecular weight is 220 g/mol. The van der Waals surface area contributed by atoms with Gasteiger partial charge in [-0.3, -0.25) is 4.39 Å². The van der Waals surface area contributed by atoms with E-state index in [2.05, 4.69) is 0 Å². The van der Waals surface area contributed by atoms with Gasteiger partial charge in [0.05, 0.1) is 6.67 Å². The van der Waals surface area contributed by atoms with Gasteiger partial charge in [-0.2, -0.15) is 0 Å². The molecule has 0 aliphatic rings. The largest absolute Gasteiger partial charge is 0.251 e. The first-order chi connectivity index (χ1) is 3.27. The minimum Gasteiger partial charge on any atom is -0.251 e. The summed E-state index contributed by atoms with van der Waals surface area (Å²) >= 11 is 1.63. The summed E-state index contributed by atoms with van der Waals surface area (Å²) in [6.07, 6.45) is 0.696. The summed E-state index contributed by atoms with van der Waals surface area (Å²) in [5.74, 6) is 0. The third-order valence-electron chi connectivity index (χ3n) is 0.556. The quantitative estimate of drug-likeness (QED) is 0.506. The summed E-state index contributed by atoms with van der Waals surface area (Å²) in [7, 11) is 0. The first kappa shape index (κ1) is 7.59. The molecule has 1 atom stereocenters. The molecule has 0 aromatic rings. The van der Waals surface area contributed by atoms with Crippen molar-refractivity contribution >= 4 is 22.6 Å². The Morgan fingerprint density at radius 1 is 1.57 bits per heavy atom. The topological polar surface area (TPSA) is 0 Å². The van der Waals surface area contributed by atoms with Crippen molar-refractivity contribution in [3.8, 4) is 0 Å². The van der Waals surface area contributed by atoms with Crippen LogP contribution >= 0.6 is 22.6 Å². The Kier molecular flexibility index (Phi) is 5.14. The van der Waals surface area contributed by atoms with Crippen molar-refractivity contribution < 1.29 is 8.78 Å². The number of alkyl halides is 3. The molecule has 1 unspecified atom stereocenters. The number of rotatable bonds is 3. The van der Waals surface area contributed by atoms with E-state index in [4.69, 9.17) is 0 Å². The van der Waals surface area contributed by atoms with Crippen molar-refractivity contribution in [1.29, 1.82) is 0 Å². The normalized spacial score (nSPS) is 14.1. The molecule has 0 saturated carbocycles. The van der Waals surface area contributed by atoms with Crippen LogP contribution in [0.2, 0.25) is 0 Å². The molecule has 7 heavy (non-hydrogen) atoms. The van der Waals surface area contributed by atoms with Gasteiger partial charge in [0, 0.05) is 0 Å². The molecule has 0 radical (unpaired) electrons. The summed E-state index contributed by atoms with van der Waals surface area (Å²) in [5.41, 5.74) is 0. The van der Waals surface area contributed by atoms with Gasteiger partial charge in [-0.1, -0.05) is 0 Å². The van der Waals surface area contributed by atoms with Gasteiger partial charge in [-0.05, 0) is 35.4 Å². The zero-order valence-electron chi connectivity index (χ0n) is 3.83. The van der Waals surface area contributed by atoms with Gasteiger partial charge in [0.1, 0.15) is 0 Å². The first-order valence-electron chi connectivity index (χ1n) is 2.11. The van der Waals surface area contributed by atoms with E-state index in [9.17, 15) is 8.78 Å². The number of hydrogen-bond donors (Lipinski definition) is 0. The fourth-order valence-corrected chi connectivity index (χ4v) is 0.672. The molecule has 0 bridgehead atoms. The summed E-state index contributed by atoms with van der Waals surface area (Å²) in [6, 6.07) is 0. The highest BCUT2D eigenvalue weighted by atomic mass is 127. The van der Waals surface area contributed by atoms with E-state index < -0.39 is 10.9 Å². The van der Waals surface area contributed by atoms with Crippen LogP contribution in [0, 0.1) is 0 Å². The SMILES string of the molecule is FCCCC(F)I. The summed E-state index contributed by atoms with van der Waals surface area (Å²) in [6.45, 7) is -0.399. The van der Waals surface area contributed by atoms with Gasteiger partial charge < -0.3 is 0 Å². The Hall–Kier alpha value is 0.590. The van der Waals surface area contributed by atoms with Gasteiger partial charge in [0.2, 0.25) is 0 Å². The van der Waals surface area contributed by atoms with Crippen LogP contribution in [0.4, 0.5) is 8.78 Å². The van der Waals surface area contributed by atoms with E-state index in [-0.39, 0.29) is 0 Å². The molecule has 0 aromatic carbocycles. The maximum atomic E-state index is 11.7. The predicted molar refractivity (Wildman–Crippen MR) is 34.1 cm³/mol.